The lowest BCUT2D eigenvalue weighted by molar-refractivity contribution is -0.119. The number of aromatic nitrogens is 1. The van der Waals surface area contributed by atoms with E-state index in [4.69, 9.17) is 16.3 Å². The molecule has 2 N–H and O–H groups in total. The van der Waals surface area contributed by atoms with Crippen LogP contribution in [0.3, 0.4) is 0 Å². The van der Waals surface area contributed by atoms with Crippen LogP contribution < -0.4 is 16.2 Å². The van der Waals surface area contributed by atoms with Gasteiger partial charge in [0.05, 0.1) is 17.5 Å². The number of nitrogens with one attached hydrogen (secondary N) is 2. The van der Waals surface area contributed by atoms with Crippen LogP contribution in [0.2, 0.25) is 5.02 Å². The lowest BCUT2D eigenvalue weighted by Gasteiger charge is -2.24. The number of anilines is 2. The number of ether oxygens (including phenoxy) is 1. The molecule has 8 nitrogen and oxygen atoms in total. The zero-order valence-corrected chi connectivity index (χ0v) is 19.0. The Hall–Kier alpha value is -3.69. The Kier molecular flexibility index (Phi) is 6.95. The number of carbonyl (C=O) groups excluding carboxylic acids is 2. The largest absolute Gasteiger partial charge is 0.380 e. The molecule has 1 aliphatic rings. The van der Waals surface area contributed by atoms with Gasteiger partial charge in [0.1, 0.15) is 11.9 Å². The fourth-order valence-corrected chi connectivity index (χ4v) is 3.91. The van der Waals surface area contributed by atoms with Crippen molar-refractivity contribution in [1.29, 1.82) is 0 Å². The lowest BCUT2D eigenvalue weighted by atomic mass is 10.1. The second-order valence-corrected chi connectivity index (χ2v) is 8.20. The number of likely N-dealkylation sites (tertiary alicyclic amines) is 1. The molecule has 0 radical (unpaired) electrons. The molecule has 4 rings (SSSR count). The summed E-state index contributed by atoms with van der Waals surface area (Å²) in [6, 6.07) is 13.9. The smallest absolute Gasteiger partial charge is 0.322 e. The van der Waals surface area contributed by atoms with E-state index in [0.717, 1.165) is 6.07 Å². The van der Waals surface area contributed by atoms with Gasteiger partial charge in [-0.05, 0) is 42.5 Å². The number of benzene rings is 2. The Bertz CT molecular complexity index is 1260. The van der Waals surface area contributed by atoms with Gasteiger partial charge >= 0.3 is 6.03 Å². The quantitative estimate of drug-likeness (QED) is 0.574. The van der Waals surface area contributed by atoms with E-state index < -0.39 is 23.8 Å². The van der Waals surface area contributed by atoms with Gasteiger partial charge in [0.15, 0.2) is 0 Å². The van der Waals surface area contributed by atoms with Crippen LogP contribution in [0, 0.1) is 5.82 Å². The molecule has 10 heteroatoms. The minimum Gasteiger partial charge on any atom is -0.380 e. The van der Waals surface area contributed by atoms with Crippen molar-refractivity contribution in [3.05, 3.63) is 88.1 Å². The number of hydrogen-bond donors (Lipinski definition) is 2. The fraction of sp³-hybridized carbons (Fsp3) is 0.208. The van der Waals surface area contributed by atoms with E-state index in [0.29, 0.717) is 16.4 Å². The third kappa shape index (κ3) is 5.11. The molecular formula is C24H22ClFN4O4. The molecule has 1 saturated heterocycles. The molecule has 0 saturated carbocycles. The van der Waals surface area contributed by atoms with Crippen LogP contribution >= 0.6 is 11.6 Å². The van der Waals surface area contributed by atoms with Gasteiger partial charge in [-0.1, -0.05) is 17.7 Å². The van der Waals surface area contributed by atoms with Crippen molar-refractivity contribution >= 4 is 34.9 Å². The number of pyridine rings is 1. The molecule has 1 fully saturated rings. The van der Waals surface area contributed by atoms with E-state index in [1.807, 2.05) is 0 Å². The van der Waals surface area contributed by atoms with E-state index >= 15 is 0 Å². The number of rotatable bonds is 5. The molecule has 3 aromatic rings. The first-order valence-electron chi connectivity index (χ1n) is 10.5. The molecule has 2 aromatic carbocycles. The van der Waals surface area contributed by atoms with E-state index in [9.17, 15) is 18.8 Å². The minimum absolute atomic E-state index is 0.0587. The Balaban J connectivity index is 1.50. The lowest BCUT2D eigenvalue weighted by Crippen LogP contribution is -2.45. The van der Waals surface area contributed by atoms with Crippen LogP contribution in [-0.2, 0) is 9.53 Å². The summed E-state index contributed by atoms with van der Waals surface area (Å²) in [6.45, 7) is 0.201. The van der Waals surface area contributed by atoms with E-state index in [2.05, 4.69) is 10.6 Å². The zero-order valence-electron chi connectivity index (χ0n) is 18.2. The summed E-state index contributed by atoms with van der Waals surface area (Å²) in [7, 11) is 1.50. The molecule has 1 aromatic heterocycles. The van der Waals surface area contributed by atoms with Crippen LogP contribution in [0.5, 0.6) is 0 Å². The highest BCUT2D eigenvalue weighted by molar-refractivity contribution is 6.30. The maximum atomic E-state index is 14.8. The van der Waals surface area contributed by atoms with Gasteiger partial charge in [-0.2, -0.15) is 0 Å². The predicted molar refractivity (Wildman–Crippen MR) is 127 cm³/mol. The molecular weight excluding hydrogens is 463 g/mol. The topological polar surface area (TPSA) is 92.7 Å². The number of hydrogen-bond acceptors (Lipinski definition) is 4. The average Bonchev–Trinajstić information content (AvgIpc) is 3.27. The summed E-state index contributed by atoms with van der Waals surface area (Å²) >= 11 is 5.88. The SMILES string of the molecule is CO[C@@H]1C[C@@H](C(=O)Nc2ccc(-n3ccccc3=O)cc2F)N(C(=O)Nc2ccc(Cl)cc2)C1. The van der Waals surface area contributed by atoms with Crippen molar-refractivity contribution in [2.45, 2.75) is 18.6 Å². The maximum absolute atomic E-state index is 14.8. The van der Waals surface area contributed by atoms with E-state index in [-0.39, 0.29) is 30.3 Å². The molecule has 176 valence electrons. The number of halogens is 2. The first-order valence-corrected chi connectivity index (χ1v) is 10.9. The van der Waals surface area contributed by atoms with Gasteiger partial charge in [0.2, 0.25) is 5.91 Å². The summed E-state index contributed by atoms with van der Waals surface area (Å²) in [5, 5.41) is 5.81. The van der Waals surface area contributed by atoms with E-state index in [1.54, 1.807) is 36.4 Å². The highest BCUT2D eigenvalue weighted by Crippen LogP contribution is 2.25. The number of urea groups is 1. The standard InChI is InChI=1S/C24H22ClFN4O4/c1-34-18-13-21(30(14-18)24(33)27-16-7-5-15(25)6-8-16)23(32)28-20-10-9-17(12-19(20)26)29-11-3-2-4-22(29)31/h2-12,18,21H,13-14H2,1H3,(H,27,33)(H,28,32)/t18-,21+/m1/s1. The monoisotopic (exact) mass is 484 g/mol. The first kappa shape index (κ1) is 23.5. The maximum Gasteiger partial charge on any atom is 0.322 e. The van der Waals surface area contributed by atoms with Crippen LogP contribution in [0.25, 0.3) is 5.69 Å². The predicted octanol–water partition coefficient (Wildman–Crippen LogP) is 3.89. The Morgan fingerprint density at radius 2 is 1.85 bits per heavy atom. The molecule has 0 aliphatic carbocycles. The van der Waals surface area contributed by atoms with Gasteiger partial charge < -0.3 is 20.3 Å². The molecule has 0 bridgehead atoms. The first-order chi connectivity index (χ1) is 16.4. The fourth-order valence-electron chi connectivity index (χ4n) is 3.78. The summed E-state index contributed by atoms with van der Waals surface area (Å²) < 4.78 is 21.4. The second kappa shape index (κ2) is 10.1. The molecule has 3 amide bonds. The summed E-state index contributed by atoms with van der Waals surface area (Å²) in [4.78, 5) is 39.2. The van der Waals surface area contributed by atoms with Crippen LogP contribution in [0.1, 0.15) is 6.42 Å². The zero-order chi connectivity index (χ0) is 24.2. The Morgan fingerprint density at radius 3 is 2.53 bits per heavy atom. The molecule has 2 heterocycles. The van der Waals surface area contributed by atoms with E-state index in [1.165, 1.54) is 41.0 Å². The van der Waals surface area contributed by atoms with Gasteiger partial charge in [0.25, 0.3) is 5.56 Å². The van der Waals surface area contributed by atoms with Crippen LogP contribution in [0.15, 0.2) is 71.7 Å². The average molecular weight is 485 g/mol. The number of methoxy groups -OCH3 is 1. The third-order valence-electron chi connectivity index (χ3n) is 5.57. The number of carbonyl (C=O) groups is 2. The summed E-state index contributed by atoms with van der Waals surface area (Å²) in [5.74, 6) is -1.26. The van der Waals surface area contributed by atoms with Gasteiger partial charge in [-0.3, -0.25) is 14.2 Å². The summed E-state index contributed by atoms with van der Waals surface area (Å²) in [5.41, 5.74) is 0.479. The highest BCUT2D eigenvalue weighted by Gasteiger charge is 2.40. The molecule has 0 spiro atoms. The molecule has 0 unspecified atom stereocenters. The number of amides is 3. The Labute approximate surface area is 199 Å². The van der Waals surface area contributed by atoms with Gasteiger partial charge in [-0.15, -0.1) is 0 Å². The highest BCUT2D eigenvalue weighted by atomic mass is 35.5. The van der Waals surface area contributed by atoms with Crippen molar-refractivity contribution in [3.63, 3.8) is 0 Å². The normalized spacial score (nSPS) is 17.4. The van der Waals surface area contributed by atoms with Crippen molar-refractivity contribution in [1.82, 2.24) is 9.47 Å². The Morgan fingerprint density at radius 1 is 1.09 bits per heavy atom. The van der Waals surface area contributed by atoms with Crippen LogP contribution in [0.4, 0.5) is 20.6 Å². The second-order valence-electron chi connectivity index (χ2n) is 7.76. The minimum atomic E-state index is -0.868. The van der Waals surface area contributed by atoms with Crippen molar-refractivity contribution in [2.75, 3.05) is 24.3 Å². The van der Waals surface area contributed by atoms with Crippen molar-refractivity contribution < 1.29 is 18.7 Å². The molecule has 2 atom stereocenters. The van der Waals surface area contributed by atoms with Crippen molar-refractivity contribution in [2.24, 2.45) is 0 Å². The molecule has 34 heavy (non-hydrogen) atoms. The van der Waals surface area contributed by atoms with Gasteiger partial charge in [0, 0.05) is 49.1 Å². The summed E-state index contributed by atoms with van der Waals surface area (Å²) in [6.07, 6.45) is 1.44. The van der Waals surface area contributed by atoms with Gasteiger partial charge in [-0.25, -0.2) is 9.18 Å². The molecule has 1 aliphatic heterocycles. The van der Waals surface area contributed by atoms with Crippen molar-refractivity contribution in [3.8, 4) is 5.69 Å². The third-order valence-corrected chi connectivity index (χ3v) is 5.82. The number of nitrogens with zero attached hydrogens (tertiary/aromatic N) is 2. The van der Waals surface area contributed by atoms with Crippen LogP contribution in [-0.4, -0.2) is 47.2 Å².